The maximum atomic E-state index is 9.28. The summed E-state index contributed by atoms with van der Waals surface area (Å²) in [5, 5.41) is 17.3. The molecule has 6 heteroatoms. The van der Waals surface area contributed by atoms with Crippen LogP contribution < -0.4 is 10.2 Å². The molecule has 108 valence electrons. The van der Waals surface area contributed by atoms with Crippen molar-refractivity contribution >= 4 is 11.6 Å². The number of aryl methyl sites for hydroxylation is 1. The van der Waals surface area contributed by atoms with E-state index in [-0.39, 0.29) is 6.61 Å². The van der Waals surface area contributed by atoms with E-state index in [1.807, 2.05) is 25.3 Å². The van der Waals surface area contributed by atoms with Gasteiger partial charge >= 0.3 is 0 Å². The van der Waals surface area contributed by atoms with E-state index in [0.717, 1.165) is 24.3 Å². The first-order chi connectivity index (χ1) is 9.78. The smallest absolute Gasteiger partial charge is 0.245 e. The summed E-state index contributed by atoms with van der Waals surface area (Å²) in [4.78, 5) is 6.68. The second kappa shape index (κ2) is 5.76. The van der Waals surface area contributed by atoms with Gasteiger partial charge < -0.3 is 15.3 Å². The van der Waals surface area contributed by atoms with Gasteiger partial charge in [0.05, 0.1) is 6.61 Å². The lowest BCUT2D eigenvalue weighted by molar-refractivity contribution is 0.299. The molecule has 1 aliphatic rings. The largest absolute Gasteiger partial charge is 0.395 e. The molecule has 0 radical (unpaired) electrons. The normalized spacial score (nSPS) is 18.8. The van der Waals surface area contributed by atoms with E-state index < -0.39 is 0 Å². The average molecular weight is 275 g/mol. The molecule has 3 rings (SSSR count). The third kappa shape index (κ3) is 2.62. The van der Waals surface area contributed by atoms with Crippen molar-refractivity contribution in [3.63, 3.8) is 0 Å². The molecule has 0 spiro atoms. The van der Waals surface area contributed by atoms with Gasteiger partial charge in [-0.3, -0.25) is 0 Å². The number of pyridine rings is 1. The van der Waals surface area contributed by atoms with E-state index in [9.17, 15) is 5.11 Å². The highest BCUT2D eigenvalue weighted by Gasteiger charge is 2.20. The number of aliphatic hydroxyl groups is 1. The van der Waals surface area contributed by atoms with Crippen LogP contribution in [0.1, 0.15) is 18.4 Å². The van der Waals surface area contributed by atoms with Crippen molar-refractivity contribution in [3.05, 3.63) is 23.9 Å². The van der Waals surface area contributed by atoms with Gasteiger partial charge in [0.1, 0.15) is 0 Å². The highest BCUT2D eigenvalue weighted by molar-refractivity contribution is 5.50. The Hall–Kier alpha value is -1.66. The Labute approximate surface area is 118 Å². The van der Waals surface area contributed by atoms with E-state index >= 15 is 0 Å². The van der Waals surface area contributed by atoms with Crippen LogP contribution in [0.25, 0.3) is 5.65 Å². The maximum Gasteiger partial charge on any atom is 0.245 e. The third-order valence-corrected chi connectivity index (χ3v) is 3.80. The minimum absolute atomic E-state index is 0.112. The van der Waals surface area contributed by atoms with Gasteiger partial charge in [-0.2, -0.15) is 4.98 Å². The molecule has 0 saturated carbocycles. The van der Waals surface area contributed by atoms with Crippen LogP contribution in [0.2, 0.25) is 0 Å². The van der Waals surface area contributed by atoms with Gasteiger partial charge in [0.2, 0.25) is 5.95 Å². The SMILES string of the molecule is Cc1cccn2nc(N(CCO)CC3CCCN3)nc12. The Bertz CT molecular complexity index is 576. The summed E-state index contributed by atoms with van der Waals surface area (Å²) in [6.45, 7) is 4.63. The molecule has 2 aromatic heterocycles. The van der Waals surface area contributed by atoms with Gasteiger partial charge in [-0.1, -0.05) is 6.07 Å². The van der Waals surface area contributed by atoms with E-state index in [4.69, 9.17) is 0 Å². The summed E-state index contributed by atoms with van der Waals surface area (Å²) in [5.74, 6) is 0.696. The summed E-state index contributed by atoms with van der Waals surface area (Å²) in [7, 11) is 0. The number of hydrogen-bond acceptors (Lipinski definition) is 5. The van der Waals surface area contributed by atoms with Gasteiger partial charge in [0.15, 0.2) is 5.65 Å². The Morgan fingerprint density at radius 3 is 3.15 bits per heavy atom. The summed E-state index contributed by atoms with van der Waals surface area (Å²) in [6.07, 6.45) is 4.30. The Morgan fingerprint density at radius 2 is 2.45 bits per heavy atom. The molecule has 0 bridgehead atoms. The first-order valence-corrected chi connectivity index (χ1v) is 7.19. The molecule has 2 N–H and O–H groups in total. The lowest BCUT2D eigenvalue weighted by Gasteiger charge is -2.23. The molecule has 2 aromatic rings. The molecule has 3 heterocycles. The highest BCUT2D eigenvalue weighted by atomic mass is 16.3. The van der Waals surface area contributed by atoms with E-state index in [2.05, 4.69) is 20.3 Å². The summed E-state index contributed by atoms with van der Waals surface area (Å²) >= 11 is 0. The minimum atomic E-state index is 0.112. The molecule has 6 nitrogen and oxygen atoms in total. The summed E-state index contributed by atoms with van der Waals surface area (Å²) in [6, 6.07) is 4.47. The highest BCUT2D eigenvalue weighted by Crippen LogP contribution is 2.15. The van der Waals surface area contributed by atoms with Crippen molar-refractivity contribution in [1.29, 1.82) is 0 Å². The average Bonchev–Trinajstić information content (AvgIpc) is 3.07. The van der Waals surface area contributed by atoms with Gasteiger partial charge in [0.25, 0.3) is 0 Å². The monoisotopic (exact) mass is 275 g/mol. The van der Waals surface area contributed by atoms with Gasteiger partial charge in [-0.15, -0.1) is 5.10 Å². The first-order valence-electron chi connectivity index (χ1n) is 7.19. The molecular weight excluding hydrogens is 254 g/mol. The molecule has 1 saturated heterocycles. The van der Waals surface area contributed by atoms with Crippen LogP contribution in [0.5, 0.6) is 0 Å². The van der Waals surface area contributed by atoms with E-state index in [1.54, 1.807) is 4.52 Å². The number of anilines is 1. The van der Waals surface area contributed by atoms with Crippen LogP contribution >= 0.6 is 0 Å². The summed E-state index contributed by atoms with van der Waals surface area (Å²) in [5.41, 5.74) is 1.99. The molecule has 1 unspecified atom stereocenters. The molecular formula is C14H21N5O. The second-order valence-electron chi connectivity index (χ2n) is 5.33. The number of nitrogens with one attached hydrogen (secondary N) is 1. The van der Waals surface area contributed by atoms with Crippen molar-refractivity contribution in [1.82, 2.24) is 19.9 Å². The first kappa shape index (κ1) is 13.3. The fraction of sp³-hybridized carbons (Fsp3) is 0.571. The lowest BCUT2D eigenvalue weighted by Crippen LogP contribution is -2.39. The van der Waals surface area contributed by atoms with Crippen molar-refractivity contribution in [2.45, 2.75) is 25.8 Å². The van der Waals surface area contributed by atoms with Crippen LogP contribution in [0.15, 0.2) is 18.3 Å². The Kier molecular flexibility index (Phi) is 3.84. The third-order valence-electron chi connectivity index (χ3n) is 3.80. The van der Waals surface area contributed by atoms with Crippen LogP contribution in [-0.2, 0) is 0 Å². The predicted octanol–water partition coefficient (Wildman–Crippen LogP) is 0.588. The molecule has 20 heavy (non-hydrogen) atoms. The number of fused-ring (bicyclic) bond motifs is 1. The second-order valence-corrected chi connectivity index (χ2v) is 5.33. The zero-order valence-electron chi connectivity index (χ0n) is 11.8. The number of hydrogen-bond donors (Lipinski definition) is 2. The maximum absolute atomic E-state index is 9.28. The van der Waals surface area contributed by atoms with Crippen molar-refractivity contribution in [3.8, 4) is 0 Å². The van der Waals surface area contributed by atoms with Crippen LogP contribution in [0, 0.1) is 6.92 Å². The van der Waals surface area contributed by atoms with Crippen molar-refractivity contribution in [2.24, 2.45) is 0 Å². The van der Waals surface area contributed by atoms with Crippen molar-refractivity contribution < 1.29 is 5.11 Å². The van der Waals surface area contributed by atoms with E-state index in [0.29, 0.717) is 18.5 Å². The molecule has 1 fully saturated rings. The molecule has 1 atom stereocenters. The summed E-state index contributed by atoms with van der Waals surface area (Å²) < 4.78 is 1.80. The standard InChI is InChI=1S/C14H21N5O/c1-11-4-3-7-19-13(11)16-14(17-19)18(8-9-20)10-12-5-2-6-15-12/h3-4,7,12,15,20H,2,5-6,8-10H2,1H3. The fourth-order valence-corrected chi connectivity index (χ4v) is 2.73. The van der Waals surface area contributed by atoms with E-state index in [1.165, 1.54) is 12.8 Å². The fourth-order valence-electron chi connectivity index (χ4n) is 2.73. The quantitative estimate of drug-likeness (QED) is 0.836. The van der Waals surface area contributed by atoms with Crippen LogP contribution in [0.3, 0.4) is 0 Å². The van der Waals surface area contributed by atoms with Crippen molar-refractivity contribution in [2.75, 3.05) is 31.1 Å². The molecule has 1 aliphatic heterocycles. The number of rotatable bonds is 5. The molecule has 0 aliphatic carbocycles. The van der Waals surface area contributed by atoms with Crippen LogP contribution in [0.4, 0.5) is 5.95 Å². The van der Waals surface area contributed by atoms with Crippen LogP contribution in [-0.4, -0.2) is 52.0 Å². The Balaban J connectivity index is 1.86. The molecule has 0 amide bonds. The number of aromatic nitrogens is 3. The van der Waals surface area contributed by atoms with Gasteiger partial charge in [-0.25, -0.2) is 4.52 Å². The number of nitrogens with zero attached hydrogens (tertiary/aromatic N) is 4. The van der Waals surface area contributed by atoms with Gasteiger partial charge in [0, 0.05) is 25.3 Å². The number of aliphatic hydroxyl groups excluding tert-OH is 1. The molecule has 0 aromatic carbocycles. The van der Waals surface area contributed by atoms with Gasteiger partial charge in [-0.05, 0) is 37.9 Å². The lowest BCUT2D eigenvalue weighted by atomic mass is 10.2. The zero-order chi connectivity index (χ0) is 13.9. The topological polar surface area (TPSA) is 65.7 Å². The Morgan fingerprint density at radius 1 is 1.55 bits per heavy atom. The predicted molar refractivity (Wildman–Crippen MR) is 78.0 cm³/mol. The zero-order valence-corrected chi connectivity index (χ0v) is 11.8. The minimum Gasteiger partial charge on any atom is -0.395 e.